The summed E-state index contributed by atoms with van der Waals surface area (Å²) in [5, 5.41) is 8.54. The number of carbonyl (C=O) groups excluding carboxylic acids is 1. The van der Waals surface area contributed by atoms with Gasteiger partial charge in [0.25, 0.3) is 5.78 Å². The minimum Gasteiger partial charge on any atom is -0.475 e. The maximum Gasteiger partial charge on any atom is 0.377 e. The predicted molar refractivity (Wildman–Crippen MR) is 48.1 cm³/mol. The van der Waals surface area contributed by atoms with Gasteiger partial charge in [0.15, 0.2) is 0 Å². The van der Waals surface area contributed by atoms with Crippen molar-refractivity contribution in [3.8, 4) is 0 Å². The van der Waals surface area contributed by atoms with Crippen molar-refractivity contribution in [2.75, 3.05) is 0 Å². The second-order valence-corrected chi connectivity index (χ2v) is 2.89. The van der Waals surface area contributed by atoms with Gasteiger partial charge in [-0.25, -0.2) is 9.18 Å². The molecule has 76 valence electrons. The number of aliphatic carboxylic acids is 1. The molecular weight excluding hydrogens is 203 g/mol. The number of carboxylic acid groups (broad SMARTS) is 1. The lowest BCUT2D eigenvalue weighted by Crippen LogP contribution is -2.14. The Hall–Kier alpha value is -2.17. The van der Waals surface area contributed by atoms with Gasteiger partial charge in [-0.05, 0) is 18.2 Å². The molecule has 0 unspecified atom stereocenters. The number of ketones is 1. The van der Waals surface area contributed by atoms with Gasteiger partial charge in [-0.2, -0.15) is 0 Å². The lowest BCUT2D eigenvalue weighted by Gasteiger charge is -1.98. The number of rotatable bonds is 2. The lowest BCUT2D eigenvalue weighted by molar-refractivity contribution is -0.131. The van der Waals surface area contributed by atoms with Gasteiger partial charge >= 0.3 is 5.97 Å². The quantitative estimate of drug-likeness (QED) is 0.604. The van der Waals surface area contributed by atoms with Crippen LogP contribution in [-0.2, 0) is 4.79 Å². The van der Waals surface area contributed by atoms with E-state index in [1.807, 2.05) is 0 Å². The molecule has 15 heavy (non-hydrogen) atoms. The molecule has 1 N–H and O–H groups in total. The number of benzene rings is 1. The Labute approximate surface area is 82.9 Å². The van der Waals surface area contributed by atoms with Crippen LogP contribution in [0.5, 0.6) is 0 Å². The maximum absolute atomic E-state index is 13.6. The fourth-order valence-corrected chi connectivity index (χ4v) is 1.30. The Morgan fingerprint density at radius 2 is 2.00 bits per heavy atom. The van der Waals surface area contributed by atoms with Crippen LogP contribution in [0.3, 0.4) is 0 Å². The van der Waals surface area contributed by atoms with E-state index in [-0.39, 0.29) is 11.0 Å². The molecule has 0 spiro atoms. The van der Waals surface area contributed by atoms with Crippen molar-refractivity contribution in [3.05, 3.63) is 35.8 Å². The normalized spacial score (nSPS) is 10.5. The molecule has 2 rings (SSSR count). The molecule has 0 saturated carbocycles. The molecule has 2 aromatic rings. The molecule has 1 aromatic heterocycles. The zero-order valence-electron chi connectivity index (χ0n) is 7.36. The zero-order chi connectivity index (χ0) is 11.0. The highest BCUT2D eigenvalue weighted by molar-refractivity contribution is 6.40. The van der Waals surface area contributed by atoms with Gasteiger partial charge in [-0.15, -0.1) is 0 Å². The van der Waals surface area contributed by atoms with Gasteiger partial charge in [0.1, 0.15) is 11.4 Å². The number of fused-ring (bicyclic) bond motifs is 1. The van der Waals surface area contributed by atoms with Crippen molar-refractivity contribution in [1.82, 2.24) is 0 Å². The molecule has 0 saturated heterocycles. The number of Topliss-reactive ketones (excluding diaryl/α,β-unsaturated/α-hetero) is 1. The first-order chi connectivity index (χ1) is 7.11. The number of halogens is 1. The van der Waals surface area contributed by atoms with E-state index in [1.165, 1.54) is 18.4 Å². The van der Waals surface area contributed by atoms with E-state index in [0.717, 1.165) is 6.07 Å². The van der Waals surface area contributed by atoms with E-state index < -0.39 is 23.1 Å². The molecule has 1 heterocycles. The van der Waals surface area contributed by atoms with Crippen molar-refractivity contribution in [2.45, 2.75) is 0 Å². The minimum atomic E-state index is -1.68. The van der Waals surface area contributed by atoms with Gasteiger partial charge in [-0.3, -0.25) is 4.79 Å². The Morgan fingerprint density at radius 1 is 1.27 bits per heavy atom. The van der Waals surface area contributed by atoms with Gasteiger partial charge < -0.3 is 9.52 Å². The van der Waals surface area contributed by atoms with E-state index in [4.69, 9.17) is 9.52 Å². The smallest absolute Gasteiger partial charge is 0.377 e. The molecule has 0 amide bonds. The highest BCUT2D eigenvalue weighted by Crippen LogP contribution is 2.22. The highest BCUT2D eigenvalue weighted by atomic mass is 19.1. The highest BCUT2D eigenvalue weighted by Gasteiger charge is 2.20. The second kappa shape index (κ2) is 3.20. The van der Waals surface area contributed by atoms with Crippen LogP contribution < -0.4 is 0 Å². The first-order valence-electron chi connectivity index (χ1n) is 4.04. The molecule has 0 aliphatic heterocycles. The molecule has 0 fully saturated rings. The largest absolute Gasteiger partial charge is 0.475 e. The molecule has 0 radical (unpaired) electrons. The number of hydrogen-bond acceptors (Lipinski definition) is 3. The van der Waals surface area contributed by atoms with Crippen molar-refractivity contribution in [3.63, 3.8) is 0 Å². The summed E-state index contributed by atoms with van der Waals surface area (Å²) in [5.41, 5.74) is -0.189. The summed E-state index contributed by atoms with van der Waals surface area (Å²) < 4.78 is 18.5. The molecule has 4 nitrogen and oxygen atoms in total. The molecule has 1 aromatic carbocycles. The van der Waals surface area contributed by atoms with Gasteiger partial charge in [-0.1, -0.05) is 0 Å². The molecule has 0 atom stereocenters. The Kier molecular flexibility index (Phi) is 2.00. The van der Waals surface area contributed by atoms with Crippen LogP contribution in [0.2, 0.25) is 0 Å². The fraction of sp³-hybridized carbons (Fsp3) is 0. The number of carbonyl (C=O) groups is 2. The molecule has 0 aliphatic carbocycles. The third-order valence-corrected chi connectivity index (χ3v) is 2.01. The fourth-order valence-electron chi connectivity index (χ4n) is 1.30. The topological polar surface area (TPSA) is 67.5 Å². The number of furan rings is 1. The third-order valence-electron chi connectivity index (χ3n) is 2.01. The van der Waals surface area contributed by atoms with E-state index in [9.17, 15) is 14.0 Å². The average molecular weight is 208 g/mol. The third kappa shape index (κ3) is 1.38. The molecule has 5 heteroatoms. The average Bonchev–Trinajstić information content (AvgIpc) is 2.66. The Morgan fingerprint density at radius 3 is 2.67 bits per heavy atom. The van der Waals surface area contributed by atoms with E-state index >= 15 is 0 Å². The van der Waals surface area contributed by atoms with Crippen molar-refractivity contribution in [2.24, 2.45) is 0 Å². The predicted octanol–water partition coefficient (Wildman–Crippen LogP) is 1.84. The summed E-state index contributed by atoms with van der Waals surface area (Å²) in [7, 11) is 0. The SMILES string of the molecule is O=C(O)C(=O)c1ccc2occc2c1F. The summed E-state index contributed by atoms with van der Waals surface area (Å²) in [5.74, 6) is -3.82. The van der Waals surface area contributed by atoms with Gasteiger partial charge in [0, 0.05) is 0 Å². The van der Waals surface area contributed by atoms with Crippen LogP contribution in [0, 0.1) is 5.82 Å². The molecular formula is C10H5FO4. The van der Waals surface area contributed by atoms with E-state index in [0.29, 0.717) is 0 Å². The summed E-state index contributed by atoms with van der Waals surface area (Å²) in [6.07, 6.45) is 1.27. The van der Waals surface area contributed by atoms with E-state index in [1.54, 1.807) is 0 Å². The second-order valence-electron chi connectivity index (χ2n) is 2.89. The van der Waals surface area contributed by atoms with Crippen LogP contribution in [0.4, 0.5) is 4.39 Å². The summed E-state index contributed by atoms with van der Waals surface area (Å²) in [6.45, 7) is 0. The number of hydrogen-bond donors (Lipinski definition) is 1. The van der Waals surface area contributed by atoms with Crippen LogP contribution >= 0.6 is 0 Å². The first kappa shape index (κ1) is 9.39. The lowest BCUT2D eigenvalue weighted by atomic mass is 10.1. The Balaban J connectivity index is 2.67. The van der Waals surface area contributed by atoms with Crippen LogP contribution in [0.15, 0.2) is 28.9 Å². The van der Waals surface area contributed by atoms with Crippen LogP contribution in [0.25, 0.3) is 11.0 Å². The van der Waals surface area contributed by atoms with Crippen molar-refractivity contribution < 1.29 is 23.5 Å². The standard InChI is InChI=1S/C10H5FO4/c11-8-5-3-4-15-7(5)2-1-6(8)9(12)10(13)14/h1-4H,(H,13,14). The van der Waals surface area contributed by atoms with Gasteiger partial charge in [0.2, 0.25) is 0 Å². The summed E-state index contributed by atoms with van der Waals surface area (Å²) in [4.78, 5) is 21.4. The molecule has 0 aliphatic rings. The minimum absolute atomic E-state index is 0.0992. The zero-order valence-corrected chi connectivity index (χ0v) is 7.36. The first-order valence-corrected chi connectivity index (χ1v) is 4.04. The monoisotopic (exact) mass is 208 g/mol. The van der Waals surface area contributed by atoms with Crippen molar-refractivity contribution in [1.29, 1.82) is 0 Å². The van der Waals surface area contributed by atoms with Crippen LogP contribution in [-0.4, -0.2) is 16.9 Å². The Bertz CT molecular complexity index is 556. The maximum atomic E-state index is 13.6. The molecule has 0 bridgehead atoms. The summed E-state index contributed by atoms with van der Waals surface area (Å²) >= 11 is 0. The van der Waals surface area contributed by atoms with Crippen LogP contribution in [0.1, 0.15) is 10.4 Å². The number of carboxylic acids is 1. The van der Waals surface area contributed by atoms with E-state index in [2.05, 4.69) is 0 Å². The van der Waals surface area contributed by atoms with Crippen molar-refractivity contribution >= 4 is 22.7 Å². The van der Waals surface area contributed by atoms with Gasteiger partial charge in [0.05, 0.1) is 17.2 Å². The summed E-state index contributed by atoms with van der Waals surface area (Å²) in [6, 6.07) is 3.79.